The molecule has 5 rings (SSSR count). The molecule has 3 heterocycles. The van der Waals surface area contributed by atoms with E-state index in [2.05, 4.69) is 9.97 Å². The summed E-state index contributed by atoms with van der Waals surface area (Å²) in [6.45, 7) is 5.75. The molecule has 0 saturated carbocycles. The number of nitrogens with zero attached hydrogens (tertiary/aromatic N) is 3. The van der Waals surface area contributed by atoms with Crippen molar-refractivity contribution in [3.05, 3.63) is 83.2 Å². The van der Waals surface area contributed by atoms with Crippen molar-refractivity contribution in [2.45, 2.75) is 32.9 Å². The number of aromatic nitrogens is 2. The molecule has 37 heavy (non-hydrogen) atoms. The number of pyridine rings is 1. The number of ether oxygens (including phenoxy) is 2. The van der Waals surface area contributed by atoms with Crippen molar-refractivity contribution in [2.75, 3.05) is 12.0 Å². The number of benzene rings is 2. The van der Waals surface area contributed by atoms with E-state index in [1.165, 1.54) is 16.2 Å². The van der Waals surface area contributed by atoms with Gasteiger partial charge in [0.2, 0.25) is 0 Å². The first-order chi connectivity index (χ1) is 17.8. The summed E-state index contributed by atoms with van der Waals surface area (Å²) in [7, 11) is 1.59. The number of aliphatic hydroxyl groups is 1. The van der Waals surface area contributed by atoms with Crippen LogP contribution in [0.2, 0.25) is 0 Å². The van der Waals surface area contributed by atoms with Crippen LogP contribution in [0.3, 0.4) is 0 Å². The smallest absolute Gasteiger partial charge is 0.301 e. The molecular weight excluding hydrogens is 490 g/mol. The van der Waals surface area contributed by atoms with Gasteiger partial charge in [0.25, 0.3) is 5.78 Å². The maximum Gasteiger partial charge on any atom is 0.301 e. The highest BCUT2D eigenvalue weighted by molar-refractivity contribution is 7.22. The minimum Gasteiger partial charge on any atom is -0.507 e. The van der Waals surface area contributed by atoms with E-state index in [1.807, 2.05) is 32.9 Å². The maximum absolute atomic E-state index is 13.4. The summed E-state index contributed by atoms with van der Waals surface area (Å²) in [5.41, 5.74) is 2.37. The summed E-state index contributed by atoms with van der Waals surface area (Å²) in [6.07, 6.45) is 1.58. The summed E-state index contributed by atoms with van der Waals surface area (Å²) in [5, 5.41) is 11.6. The summed E-state index contributed by atoms with van der Waals surface area (Å²) in [5.74, 6) is -0.529. The van der Waals surface area contributed by atoms with Gasteiger partial charge in [0.1, 0.15) is 23.3 Å². The van der Waals surface area contributed by atoms with Gasteiger partial charge in [-0.1, -0.05) is 17.4 Å². The molecular formula is C28H25N3O5S. The average Bonchev–Trinajstić information content (AvgIpc) is 3.41. The third kappa shape index (κ3) is 4.42. The van der Waals surface area contributed by atoms with E-state index < -0.39 is 17.7 Å². The highest BCUT2D eigenvalue weighted by Gasteiger charge is 2.48. The second-order valence-corrected chi connectivity index (χ2v) is 9.91. The minimum absolute atomic E-state index is 0.00788. The highest BCUT2D eigenvalue weighted by atomic mass is 32.1. The molecule has 1 atom stereocenters. The SMILES string of the molecule is COc1cc2sc(N3C(=O)C(=O)/C(=C(/O)c4ccc(OC(C)C)cc4)C3c3ccccn3)nc2cc1C. The van der Waals surface area contributed by atoms with E-state index in [0.29, 0.717) is 33.4 Å². The Labute approximate surface area is 217 Å². The number of fused-ring (bicyclic) bond motifs is 1. The fourth-order valence-corrected chi connectivity index (χ4v) is 5.34. The number of Topliss-reactive ketones (excluding diaryl/α,β-unsaturated/α-hetero) is 1. The van der Waals surface area contributed by atoms with Crippen LogP contribution in [-0.2, 0) is 9.59 Å². The number of anilines is 1. The van der Waals surface area contributed by atoms with E-state index in [-0.39, 0.29) is 17.4 Å². The number of aryl methyl sites for hydroxylation is 1. The van der Waals surface area contributed by atoms with Crippen molar-refractivity contribution in [3.8, 4) is 11.5 Å². The fourth-order valence-electron chi connectivity index (χ4n) is 4.34. The molecule has 0 bridgehead atoms. The van der Waals surface area contributed by atoms with Crippen molar-refractivity contribution in [2.24, 2.45) is 0 Å². The van der Waals surface area contributed by atoms with Gasteiger partial charge in [-0.05, 0) is 74.9 Å². The molecule has 0 aliphatic carbocycles. The van der Waals surface area contributed by atoms with Gasteiger partial charge in [0, 0.05) is 11.8 Å². The molecule has 188 valence electrons. The number of thiazole rings is 1. The summed E-state index contributed by atoms with van der Waals surface area (Å²) in [4.78, 5) is 37.2. The van der Waals surface area contributed by atoms with Crippen LogP contribution in [-0.4, -0.2) is 40.0 Å². The van der Waals surface area contributed by atoms with Crippen molar-refractivity contribution in [3.63, 3.8) is 0 Å². The molecule has 1 saturated heterocycles. The number of hydrogen-bond donors (Lipinski definition) is 1. The molecule has 2 aromatic heterocycles. The lowest BCUT2D eigenvalue weighted by Gasteiger charge is -2.22. The molecule has 1 unspecified atom stereocenters. The number of methoxy groups -OCH3 is 1. The fraction of sp³-hybridized carbons (Fsp3) is 0.214. The number of carbonyl (C=O) groups excluding carboxylic acids is 2. The van der Waals surface area contributed by atoms with Crippen LogP contribution in [0.4, 0.5) is 5.13 Å². The highest BCUT2D eigenvalue weighted by Crippen LogP contribution is 2.44. The van der Waals surface area contributed by atoms with Crippen molar-refractivity contribution in [1.82, 2.24) is 9.97 Å². The predicted octanol–water partition coefficient (Wildman–Crippen LogP) is 5.42. The number of rotatable bonds is 6. The lowest BCUT2D eigenvalue weighted by molar-refractivity contribution is -0.132. The monoisotopic (exact) mass is 515 g/mol. The Morgan fingerprint density at radius 1 is 1.11 bits per heavy atom. The van der Waals surface area contributed by atoms with E-state index >= 15 is 0 Å². The Bertz CT molecular complexity index is 1530. The molecule has 1 aliphatic heterocycles. The van der Waals surface area contributed by atoms with E-state index in [1.54, 1.807) is 55.8 Å². The maximum atomic E-state index is 13.4. The third-order valence-electron chi connectivity index (χ3n) is 6.01. The zero-order chi connectivity index (χ0) is 26.3. The molecule has 9 heteroatoms. The average molecular weight is 516 g/mol. The van der Waals surface area contributed by atoms with Gasteiger partial charge in [-0.15, -0.1) is 0 Å². The van der Waals surface area contributed by atoms with Gasteiger partial charge < -0.3 is 14.6 Å². The normalized spacial score (nSPS) is 17.1. The number of amides is 1. The molecule has 1 N–H and O–H groups in total. The molecule has 8 nitrogen and oxygen atoms in total. The molecule has 0 radical (unpaired) electrons. The zero-order valence-electron chi connectivity index (χ0n) is 20.8. The summed E-state index contributed by atoms with van der Waals surface area (Å²) in [6, 6.07) is 14.8. The Balaban J connectivity index is 1.65. The van der Waals surface area contributed by atoms with Crippen LogP contribution >= 0.6 is 11.3 Å². The van der Waals surface area contributed by atoms with Crippen LogP contribution in [0.15, 0.2) is 66.4 Å². The van der Waals surface area contributed by atoms with Crippen LogP contribution in [0, 0.1) is 6.92 Å². The number of aliphatic hydroxyl groups excluding tert-OH is 1. The van der Waals surface area contributed by atoms with Gasteiger partial charge >= 0.3 is 5.91 Å². The first kappa shape index (κ1) is 24.5. The predicted molar refractivity (Wildman–Crippen MR) is 142 cm³/mol. The van der Waals surface area contributed by atoms with Gasteiger partial charge in [-0.2, -0.15) is 0 Å². The van der Waals surface area contributed by atoms with Crippen molar-refractivity contribution in [1.29, 1.82) is 0 Å². The molecule has 1 aliphatic rings. The third-order valence-corrected chi connectivity index (χ3v) is 7.03. The van der Waals surface area contributed by atoms with Crippen LogP contribution in [0.1, 0.15) is 36.7 Å². The van der Waals surface area contributed by atoms with E-state index in [9.17, 15) is 14.7 Å². The first-order valence-corrected chi connectivity index (χ1v) is 12.5. The Kier molecular flexibility index (Phi) is 6.39. The second kappa shape index (κ2) is 9.67. The van der Waals surface area contributed by atoms with Gasteiger partial charge in [0.15, 0.2) is 5.13 Å². The number of ketones is 1. The Hall–Kier alpha value is -4.24. The Morgan fingerprint density at radius 2 is 1.86 bits per heavy atom. The van der Waals surface area contributed by atoms with Crippen LogP contribution < -0.4 is 14.4 Å². The van der Waals surface area contributed by atoms with Crippen LogP contribution in [0.5, 0.6) is 11.5 Å². The quantitative estimate of drug-likeness (QED) is 0.208. The molecule has 4 aromatic rings. The van der Waals surface area contributed by atoms with Gasteiger partial charge in [0.05, 0.1) is 34.7 Å². The molecule has 0 spiro atoms. The number of carbonyl (C=O) groups is 2. The van der Waals surface area contributed by atoms with Gasteiger partial charge in [-0.3, -0.25) is 19.5 Å². The van der Waals surface area contributed by atoms with Gasteiger partial charge in [-0.25, -0.2) is 4.98 Å². The standard InChI is InChI=1S/C28H25N3O5S/c1-15(2)36-18-10-8-17(9-11-18)25(32)23-24(19-7-5-6-12-29-19)31(27(34)26(23)33)28-30-20-13-16(3)21(35-4)14-22(20)37-28/h5-15,24,32H,1-4H3/b25-23+. The zero-order valence-corrected chi connectivity index (χ0v) is 21.6. The minimum atomic E-state index is -0.948. The lowest BCUT2D eigenvalue weighted by atomic mass is 9.98. The first-order valence-electron chi connectivity index (χ1n) is 11.7. The lowest BCUT2D eigenvalue weighted by Crippen LogP contribution is -2.29. The molecule has 2 aromatic carbocycles. The second-order valence-electron chi connectivity index (χ2n) is 8.90. The topological polar surface area (TPSA) is 102 Å². The number of hydrogen-bond acceptors (Lipinski definition) is 8. The van der Waals surface area contributed by atoms with E-state index in [4.69, 9.17) is 9.47 Å². The largest absolute Gasteiger partial charge is 0.507 e. The van der Waals surface area contributed by atoms with E-state index in [0.717, 1.165) is 10.3 Å². The molecule has 1 amide bonds. The summed E-state index contributed by atoms with van der Waals surface area (Å²) >= 11 is 1.27. The summed E-state index contributed by atoms with van der Waals surface area (Å²) < 4.78 is 11.9. The molecule has 1 fully saturated rings. The Morgan fingerprint density at radius 3 is 2.51 bits per heavy atom. The van der Waals surface area contributed by atoms with Crippen molar-refractivity contribution >= 4 is 44.1 Å². The van der Waals surface area contributed by atoms with Crippen molar-refractivity contribution < 1.29 is 24.2 Å². The van der Waals surface area contributed by atoms with Crippen LogP contribution in [0.25, 0.3) is 16.0 Å².